The summed E-state index contributed by atoms with van der Waals surface area (Å²) in [7, 11) is -4.79. The van der Waals surface area contributed by atoms with Crippen molar-refractivity contribution in [1.29, 1.82) is 0 Å². The van der Waals surface area contributed by atoms with Crippen LogP contribution in [0.1, 0.15) is 17.0 Å². The van der Waals surface area contributed by atoms with Gasteiger partial charge in [0.05, 0.1) is 30.4 Å². The maximum atomic E-state index is 12.3. The van der Waals surface area contributed by atoms with E-state index in [4.69, 9.17) is 18.6 Å². The third-order valence-corrected chi connectivity index (χ3v) is 7.72. The minimum atomic E-state index is -3.53. The number of hydrogen-bond acceptors (Lipinski definition) is 7. The van der Waals surface area contributed by atoms with Gasteiger partial charge in [0.1, 0.15) is 19.2 Å². The lowest BCUT2D eigenvalue weighted by molar-refractivity contribution is 0.0872. The quantitative estimate of drug-likeness (QED) is 0.198. The highest BCUT2D eigenvalue weighted by atomic mass is 32.2. The molecule has 0 aliphatic heterocycles. The molecule has 0 saturated heterocycles. The lowest BCUT2D eigenvalue weighted by Gasteiger charge is -2.17. The maximum Gasteiger partial charge on any atom is 0.407 e. The molecule has 0 unspecified atom stereocenters. The monoisotopic (exact) mass is 533 g/mol. The van der Waals surface area contributed by atoms with Gasteiger partial charge in [-0.05, 0) is 29.7 Å². The molecule has 1 aromatic heterocycles. The van der Waals surface area contributed by atoms with Crippen molar-refractivity contribution in [2.24, 2.45) is 0 Å². The summed E-state index contributed by atoms with van der Waals surface area (Å²) in [5, 5.41) is 2.77. The van der Waals surface area contributed by atoms with Crippen molar-refractivity contribution in [2.75, 3.05) is 19.5 Å². The number of nitrogens with zero attached hydrogens (tertiary/aromatic N) is 2. The Morgan fingerprint density at radius 1 is 1.06 bits per heavy atom. The number of ether oxygens (including phenoxy) is 2. The van der Waals surface area contributed by atoms with E-state index in [1.54, 1.807) is 0 Å². The van der Waals surface area contributed by atoms with Gasteiger partial charge in [-0.1, -0.05) is 62.1 Å². The number of alkyl carbamates (subject to hydrolysis) is 1. The van der Waals surface area contributed by atoms with Crippen molar-refractivity contribution in [1.82, 2.24) is 14.9 Å². The molecule has 0 radical (unpaired) electrons. The number of para-hydroxylation sites is 1. The number of amides is 1. The second-order valence-electron chi connectivity index (χ2n) is 9.78. The van der Waals surface area contributed by atoms with Gasteiger partial charge in [-0.3, -0.25) is 4.18 Å². The predicted octanol–water partition coefficient (Wildman–Crippen LogP) is 4.29. The summed E-state index contributed by atoms with van der Waals surface area (Å²) >= 11 is 0. The van der Waals surface area contributed by atoms with Gasteiger partial charge in [0.25, 0.3) is 10.1 Å². The summed E-state index contributed by atoms with van der Waals surface area (Å²) in [6.45, 7) is 8.12. The lowest BCUT2D eigenvalue weighted by Crippen LogP contribution is -2.26. The minimum absolute atomic E-state index is 0.0268. The first-order valence-electron chi connectivity index (χ1n) is 11.9. The van der Waals surface area contributed by atoms with E-state index in [-0.39, 0.29) is 26.5 Å². The van der Waals surface area contributed by atoms with E-state index >= 15 is 0 Å². The first-order valence-corrected chi connectivity index (χ1v) is 17.4. The minimum Gasteiger partial charge on any atom is -0.445 e. The van der Waals surface area contributed by atoms with Crippen LogP contribution in [0, 0.1) is 0 Å². The molecule has 1 amide bonds. The summed E-state index contributed by atoms with van der Waals surface area (Å²) in [4.78, 5) is 17.0. The van der Waals surface area contributed by atoms with E-state index in [1.165, 1.54) is 0 Å². The molecule has 2 aromatic carbocycles. The fourth-order valence-electron chi connectivity index (χ4n) is 3.55. The average molecular weight is 534 g/mol. The van der Waals surface area contributed by atoms with E-state index in [0.29, 0.717) is 18.9 Å². The van der Waals surface area contributed by atoms with Crippen LogP contribution in [0.3, 0.4) is 0 Å². The van der Waals surface area contributed by atoms with Gasteiger partial charge in [-0.15, -0.1) is 0 Å². The Morgan fingerprint density at radius 3 is 2.50 bits per heavy atom. The normalized spacial score (nSPS) is 12.1. The van der Waals surface area contributed by atoms with Gasteiger partial charge in [0.2, 0.25) is 0 Å². The standard InChI is InChI=1S/C25H35N3O6SSi/c1-35(30,31)34-14-13-21-11-8-12-22-24(21)28(19-32-15-16-36(2,3)4)23(27-22)17-26-25(29)33-18-20-9-6-5-7-10-20/h5-12H,13-19H2,1-4H3,(H,26,29). The van der Waals surface area contributed by atoms with Crippen LogP contribution in [0.15, 0.2) is 48.5 Å². The smallest absolute Gasteiger partial charge is 0.407 e. The van der Waals surface area contributed by atoms with Crippen LogP contribution in [0.4, 0.5) is 4.79 Å². The van der Waals surface area contributed by atoms with Crippen LogP contribution in [0.5, 0.6) is 0 Å². The summed E-state index contributed by atoms with van der Waals surface area (Å²) in [6.07, 6.45) is 0.876. The summed E-state index contributed by atoms with van der Waals surface area (Å²) in [6, 6.07) is 16.1. The molecule has 9 nitrogen and oxygen atoms in total. The van der Waals surface area contributed by atoms with E-state index in [2.05, 4.69) is 25.0 Å². The molecule has 0 aliphatic rings. The van der Waals surface area contributed by atoms with Crippen molar-refractivity contribution < 1.29 is 26.9 Å². The van der Waals surface area contributed by atoms with Crippen LogP contribution >= 0.6 is 0 Å². The molecule has 36 heavy (non-hydrogen) atoms. The first-order chi connectivity index (χ1) is 17.0. The molecule has 0 spiro atoms. The van der Waals surface area contributed by atoms with Gasteiger partial charge >= 0.3 is 6.09 Å². The van der Waals surface area contributed by atoms with Crippen LogP contribution < -0.4 is 5.32 Å². The molecule has 3 aromatic rings. The van der Waals surface area contributed by atoms with E-state index in [9.17, 15) is 13.2 Å². The Labute approximate surface area is 213 Å². The molecule has 0 aliphatic carbocycles. The molecule has 196 valence electrons. The van der Waals surface area contributed by atoms with Gasteiger partial charge < -0.3 is 19.4 Å². The molecule has 3 rings (SSSR count). The zero-order valence-electron chi connectivity index (χ0n) is 21.3. The van der Waals surface area contributed by atoms with Crippen LogP contribution in [-0.2, 0) is 50.1 Å². The maximum absolute atomic E-state index is 12.3. The zero-order valence-corrected chi connectivity index (χ0v) is 23.1. The van der Waals surface area contributed by atoms with Crippen molar-refractivity contribution in [2.45, 2.75) is 52.0 Å². The lowest BCUT2D eigenvalue weighted by atomic mass is 10.1. The van der Waals surface area contributed by atoms with Crippen LogP contribution in [-0.4, -0.2) is 51.6 Å². The molecule has 0 atom stereocenters. The van der Waals surface area contributed by atoms with E-state index in [1.807, 2.05) is 53.1 Å². The Hall–Kier alpha value is -2.73. The highest BCUT2D eigenvalue weighted by Gasteiger charge is 2.17. The molecule has 0 fully saturated rings. The van der Waals surface area contributed by atoms with Gasteiger partial charge in [0.15, 0.2) is 0 Å². The number of benzene rings is 2. The van der Waals surface area contributed by atoms with Crippen molar-refractivity contribution in [3.05, 3.63) is 65.5 Å². The number of carbonyl (C=O) groups is 1. The van der Waals surface area contributed by atoms with E-state index in [0.717, 1.165) is 34.5 Å². The number of imidazole rings is 1. The van der Waals surface area contributed by atoms with Crippen molar-refractivity contribution in [3.63, 3.8) is 0 Å². The summed E-state index contributed by atoms with van der Waals surface area (Å²) in [5.41, 5.74) is 3.35. The number of aromatic nitrogens is 2. The molecule has 1 heterocycles. The number of fused-ring (bicyclic) bond motifs is 1. The fraction of sp³-hybridized carbons (Fsp3) is 0.440. The summed E-state index contributed by atoms with van der Waals surface area (Å²) in [5.74, 6) is 0.617. The number of hydrogen-bond donors (Lipinski definition) is 1. The molecule has 0 saturated carbocycles. The average Bonchev–Trinajstić information content (AvgIpc) is 3.16. The highest BCUT2D eigenvalue weighted by molar-refractivity contribution is 7.85. The predicted molar refractivity (Wildman–Crippen MR) is 142 cm³/mol. The number of carbonyl (C=O) groups excluding carboxylic acids is 1. The zero-order chi connectivity index (χ0) is 26.2. The Morgan fingerprint density at radius 2 is 1.81 bits per heavy atom. The third kappa shape index (κ3) is 9.05. The van der Waals surface area contributed by atoms with Gasteiger partial charge in [0, 0.05) is 14.7 Å². The SMILES string of the molecule is C[Si](C)(C)CCOCn1c(CNC(=O)OCc2ccccc2)nc2cccc(CCOS(C)(=O)=O)c21. The largest absolute Gasteiger partial charge is 0.445 e. The Bertz CT molecular complexity index is 1260. The fourth-order valence-corrected chi connectivity index (χ4v) is 4.69. The second-order valence-corrected chi connectivity index (χ2v) is 17.0. The van der Waals surface area contributed by atoms with Crippen LogP contribution in [0.2, 0.25) is 25.7 Å². The molecular formula is C25H35N3O6SSi. The Kier molecular flexibility index (Phi) is 9.66. The van der Waals surface area contributed by atoms with E-state index < -0.39 is 24.3 Å². The number of rotatable bonds is 13. The molecule has 0 bridgehead atoms. The highest BCUT2D eigenvalue weighted by Crippen LogP contribution is 2.22. The van der Waals surface area contributed by atoms with Crippen molar-refractivity contribution >= 4 is 35.3 Å². The topological polar surface area (TPSA) is 109 Å². The van der Waals surface area contributed by atoms with Crippen molar-refractivity contribution in [3.8, 4) is 0 Å². The molecule has 1 N–H and O–H groups in total. The first kappa shape index (κ1) is 27.8. The van der Waals surface area contributed by atoms with Gasteiger partial charge in [-0.25, -0.2) is 9.78 Å². The third-order valence-electron chi connectivity index (χ3n) is 5.42. The second kappa shape index (κ2) is 12.5. The molecular weight excluding hydrogens is 498 g/mol. The number of nitrogens with one attached hydrogen (secondary N) is 1. The summed E-state index contributed by atoms with van der Waals surface area (Å²) < 4.78 is 41.0. The van der Waals surface area contributed by atoms with Gasteiger partial charge in [-0.2, -0.15) is 8.42 Å². The Balaban J connectivity index is 1.75. The van der Waals surface area contributed by atoms with Crippen LogP contribution in [0.25, 0.3) is 11.0 Å². The molecule has 11 heteroatoms.